The first kappa shape index (κ1) is 26.9. The number of aromatic nitrogens is 2. The van der Waals surface area contributed by atoms with Crippen LogP contribution in [0.3, 0.4) is 0 Å². The molecule has 1 aromatic heterocycles. The molecule has 1 unspecified atom stereocenters. The third kappa shape index (κ3) is 5.27. The number of piperidine rings is 1. The minimum atomic E-state index is -1.37. The first-order valence-electron chi connectivity index (χ1n) is 13.0. The number of halogens is 1. The summed E-state index contributed by atoms with van der Waals surface area (Å²) in [7, 11) is 1.57. The van der Waals surface area contributed by atoms with Gasteiger partial charge in [0.2, 0.25) is 0 Å². The molecule has 0 spiro atoms. The van der Waals surface area contributed by atoms with Crippen LogP contribution in [0, 0.1) is 5.82 Å². The van der Waals surface area contributed by atoms with E-state index in [9.17, 15) is 14.0 Å². The van der Waals surface area contributed by atoms with E-state index in [-0.39, 0.29) is 17.8 Å². The van der Waals surface area contributed by atoms with E-state index in [0.717, 1.165) is 52.9 Å². The number of anilines is 2. The largest absolute Gasteiger partial charge is 0.609 e. The molecule has 10 heteroatoms. The van der Waals surface area contributed by atoms with E-state index < -0.39 is 16.8 Å². The summed E-state index contributed by atoms with van der Waals surface area (Å²) < 4.78 is 38.4. The number of fused-ring (bicyclic) bond motifs is 2. The molecule has 5 rings (SSSR count). The molecule has 0 bridgehead atoms. The Kier molecular flexibility index (Phi) is 7.68. The van der Waals surface area contributed by atoms with Crippen LogP contribution in [0.2, 0.25) is 0 Å². The zero-order valence-electron chi connectivity index (χ0n) is 22.4. The lowest BCUT2D eigenvalue weighted by Crippen LogP contribution is -2.47. The molecule has 1 N–H and O–H groups in total. The van der Waals surface area contributed by atoms with Crippen molar-refractivity contribution in [2.75, 3.05) is 49.6 Å². The summed E-state index contributed by atoms with van der Waals surface area (Å²) >= 11 is -1.37. The Balaban J connectivity index is 1.60. The average Bonchev–Trinajstić information content (AvgIpc) is 2.89. The molecule has 38 heavy (non-hydrogen) atoms. The fourth-order valence-electron chi connectivity index (χ4n) is 5.66. The Morgan fingerprint density at radius 3 is 2.74 bits per heavy atom. The molecule has 2 aliphatic rings. The highest BCUT2D eigenvalue weighted by atomic mass is 32.2. The smallest absolute Gasteiger partial charge is 0.344 e. The fourth-order valence-corrected chi connectivity index (χ4v) is 6.11. The van der Waals surface area contributed by atoms with Gasteiger partial charge in [-0.05, 0) is 55.7 Å². The van der Waals surface area contributed by atoms with Crippen molar-refractivity contribution in [1.29, 1.82) is 0 Å². The SMILES string of the molecule is CCc1c(F)ccc2cc(OCOC)cc(N3CCc4c(nc([S+](C)[O-])nc4N4CCC[C@@](C)(O)C4)C3)c12. The Bertz CT molecular complexity index is 1340. The van der Waals surface area contributed by atoms with Gasteiger partial charge in [-0.15, -0.1) is 0 Å². The van der Waals surface area contributed by atoms with Crippen LogP contribution in [0.4, 0.5) is 15.9 Å². The van der Waals surface area contributed by atoms with Gasteiger partial charge in [-0.3, -0.25) is 0 Å². The molecule has 2 aromatic carbocycles. The Morgan fingerprint density at radius 2 is 2.03 bits per heavy atom. The van der Waals surface area contributed by atoms with Gasteiger partial charge in [-0.25, -0.2) is 4.39 Å². The van der Waals surface area contributed by atoms with Crippen molar-refractivity contribution in [3.8, 4) is 5.75 Å². The average molecular weight is 543 g/mol. The van der Waals surface area contributed by atoms with E-state index in [1.165, 1.54) is 6.07 Å². The minimum Gasteiger partial charge on any atom is -0.609 e. The maximum absolute atomic E-state index is 14.9. The number of hydrogen-bond donors (Lipinski definition) is 1. The number of benzene rings is 2. The van der Waals surface area contributed by atoms with Crippen molar-refractivity contribution in [3.63, 3.8) is 0 Å². The summed E-state index contributed by atoms with van der Waals surface area (Å²) in [5.74, 6) is 1.18. The predicted molar refractivity (Wildman–Crippen MR) is 147 cm³/mol. The summed E-state index contributed by atoms with van der Waals surface area (Å²) in [5, 5.41) is 12.8. The summed E-state index contributed by atoms with van der Waals surface area (Å²) in [5.41, 5.74) is 2.56. The number of methoxy groups -OCH3 is 1. The number of rotatable bonds is 7. The van der Waals surface area contributed by atoms with Gasteiger partial charge in [0.1, 0.15) is 23.6 Å². The van der Waals surface area contributed by atoms with Crippen molar-refractivity contribution in [2.45, 2.75) is 56.8 Å². The van der Waals surface area contributed by atoms with Crippen molar-refractivity contribution in [2.24, 2.45) is 0 Å². The first-order valence-corrected chi connectivity index (χ1v) is 14.6. The first-order chi connectivity index (χ1) is 18.2. The van der Waals surface area contributed by atoms with Gasteiger partial charge in [0.25, 0.3) is 0 Å². The number of ether oxygens (including phenoxy) is 2. The van der Waals surface area contributed by atoms with Crippen molar-refractivity contribution >= 4 is 33.5 Å². The Morgan fingerprint density at radius 1 is 1.21 bits per heavy atom. The third-order valence-electron chi connectivity index (χ3n) is 7.41. The third-order valence-corrected chi connectivity index (χ3v) is 8.11. The van der Waals surface area contributed by atoms with Crippen LogP contribution in [-0.2, 0) is 35.3 Å². The maximum atomic E-state index is 14.9. The normalized spacial score (nSPS) is 20.5. The van der Waals surface area contributed by atoms with Crippen LogP contribution in [0.25, 0.3) is 10.8 Å². The number of aliphatic hydroxyl groups is 1. The van der Waals surface area contributed by atoms with Gasteiger partial charge in [0.05, 0.1) is 17.8 Å². The zero-order valence-corrected chi connectivity index (χ0v) is 23.2. The molecule has 3 aromatic rings. The van der Waals surface area contributed by atoms with Gasteiger partial charge >= 0.3 is 5.16 Å². The maximum Gasteiger partial charge on any atom is 0.344 e. The van der Waals surface area contributed by atoms with Crippen LogP contribution in [0.15, 0.2) is 29.4 Å². The highest BCUT2D eigenvalue weighted by molar-refractivity contribution is 7.90. The minimum absolute atomic E-state index is 0.109. The Labute approximate surface area is 226 Å². The fraction of sp³-hybridized carbons (Fsp3) is 0.500. The van der Waals surface area contributed by atoms with Crippen LogP contribution < -0.4 is 14.5 Å². The van der Waals surface area contributed by atoms with Crippen molar-refractivity contribution in [3.05, 3.63) is 46.9 Å². The van der Waals surface area contributed by atoms with Gasteiger partial charge in [0, 0.05) is 60.6 Å². The molecule has 1 fully saturated rings. The molecule has 0 saturated carbocycles. The molecule has 204 valence electrons. The molecule has 1 saturated heterocycles. The number of nitrogens with zero attached hydrogens (tertiary/aromatic N) is 4. The molecule has 0 amide bonds. The molecule has 2 aliphatic heterocycles. The summed E-state index contributed by atoms with van der Waals surface area (Å²) in [4.78, 5) is 13.7. The van der Waals surface area contributed by atoms with Gasteiger partial charge in [-0.2, -0.15) is 9.97 Å². The number of β-amino-alcohol motifs (C(OH)–C–C–N with tert-alkyl or cyclic N) is 1. The van der Waals surface area contributed by atoms with E-state index in [1.54, 1.807) is 19.4 Å². The van der Waals surface area contributed by atoms with E-state index in [1.807, 2.05) is 26.0 Å². The highest BCUT2D eigenvalue weighted by Crippen LogP contribution is 2.39. The second-order valence-electron chi connectivity index (χ2n) is 10.4. The lowest BCUT2D eigenvalue weighted by Gasteiger charge is -2.40. The predicted octanol–water partition coefficient (Wildman–Crippen LogP) is 3.97. The lowest BCUT2D eigenvalue weighted by atomic mass is 9.94. The van der Waals surface area contributed by atoms with Crippen LogP contribution >= 0.6 is 0 Å². The molecule has 0 aliphatic carbocycles. The molecule has 0 radical (unpaired) electrons. The van der Waals surface area contributed by atoms with Crippen LogP contribution in [-0.4, -0.2) is 65.0 Å². The molecule has 2 atom stereocenters. The summed E-state index contributed by atoms with van der Waals surface area (Å²) in [6.07, 6.45) is 4.40. The zero-order chi connectivity index (χ0) is 27.0. The second kappa shape index (κ2) is 10.8. The molecular formula is C28H35FN4O4S. The molecule has 8 nitrogen and oxygen atoms in total. The van der Waals surface area contributed by atoms with E-state index in [0.29, 0.717) is 43.8 Å². The van der Waals surface area contributed by atoms with E-state index in [4.69, 9.17) is 19.4 Å². The monoisotopic (exact) mass is 542 g/mol. The van der Waals surface area contributed by atoms with Gasteiger partial charge in [0.15, 0.2) is 6.79 Å². The molecular weight excluding hydrogens is 507 g/mol. The van der Waals surface area contributed by atoms with Crippen LogP contribution in [0.1, 0.15) is 43.5 Å². The highest BCUT2D eigenvalue weighted by Gasteiger charge is 2.34. The second-order valence-corrected chi connectivity index (χ2v) is 11.6. The Hall–Kier alpha value is -2.66. The van der Waals surface area contributed by atoms with Gasteiger partial charge < -0.3 is 28.9 Å². The lowest BCUT2D eigenvalue weighted by molar-refractivity contribution is 0.0446. The molecule has 3 heterocycles. The van der Waals surface area contributed by atoms with Crippen molar-refractivity contribution in [1.82, 2.24) is 9.97 Å². The quantitative estimate of drug-likeness (QED) is 0.272. The standard InChI is InChI=1S/C28H35FN4O4S/c1-5-20-22(29)8-7-18-13-19(37-17-36-3)14-24(25(18)20)32-12-9-21-23(15-32)30-27(38(4)35)31-26(21)33-11-6-10-28(2,34)16-33/h7-8,13-14,34H,5-6,9-12,15-17H2,1-4H3/t28-,38?/m1/s1. The summed E-state index contributed by atoms with van der Waals surface area (Å²) in [6.45, 7) is 6.30. The van der Waals surface area contributed by atoms with Gasteiger partial charge in [-0.1, -0.05) is 13.0 Å². The number of hydrogen-bond acceptors (Lipinski definition) is 8. The van der Waals surface area contributed by atoms with Crippen molar-refractivity contribution < 1.29 is 23.5 Å². The number of aryl methyl sites for hydroxylation is 1. The van der Waals surface area contributed by atoms with E-state index >= 15 is 0 Å². The summed E-state index contributed by atoms with van der Waals surface area (Å²) in [6, 6.07) is 7.14. The van der Waals surface area contributed by atoms with E-state index in [2.05, 4.69) is 9.80 Å². The van der Waals surface area contributed by atoms with Crippen LogP contribution in [0.5, 0.6) is 5.75 Å². The topological polar surface area (TPSA) is 94.0 Å².